The van der Waals surface area contributed by atoms with E-state index in [1.807, 2.05) is 0 Å². The largest absolute Gasteiger partial charge is 0.504 e. The first-order valence-corrected chi connectivity index (χ1v) is 8.75. The lowest BCUT2D eigenvalue weighted by molar-refractivity contribution is -0.111. The van der Waals surface area contributed by atoms with Crippen LogP contribution in [-0.2, 0) is 4.79 Å². The number of carbonyl (C=O) groups excluding carboxylic acids is 2. The Hall–Kier alpha value is -3.52. The van der Waals surface area contributed by atoms with E-state index in [1.54, 1.807) is 30.3 Å². The number of hydrazone groups is 1. The molecule has 0 radical (unpaired) electrons. The van der Waals surface area contributed by atoms with E-state index in [0.29, 0.717) is 16.1 Å². The molecule has 3 aromatic rings. The number of nitrogens with one attached hydrogen (secondary N) is 1. The lowest BCUT2D eigenvalue weighted by Crippen LogP contribution is -2.24. The highest BCUT2D eigenvalue weighted by Crippen LogP contribution is 2.45. The maximum Gasteiger partial charge on any atom is 0.224 e. The van der Waals surface area contributed by atoms with Crippen LogP contribution in [0.5, 0.6) is 17.2 Å². The first kappa shape index (κ1) is 20.2. The zero-order valence-electron chi connectivity index (χ0n) is 15.8. The molecule has 0 unspecified atom stereocenters. The summed E-state index contributed by atoms with van der Waals surface area (Å²) in [6.45, 7) is 1.19. The number of methoxy groups -OCH3 is 2. The summed E-state index contributed by atoms with van der Waals surface area (Å²) in [5.41, 5.74) is 2.60. The van der Waals surface area contributed by atoms with Crippen molar-refractivity contribution in [1.29, 1.82) is 0 Å². The number of rotatable bonds is 7. The summed E-state index contributed by atoms with van der Waals surface area (Å²) < 4.78 is 15.8. The van der Waals surface area contributed by atoms with Crippen molar-refractivity contribution in [3.63, 3.8) is 0 Å². The number of hydrogen-bond donors (Lipinski definition) is 2. The maximum atomic E-state index is 13.2. The second-order valence-corrected chi connectivity index (χ2v) is 6.36. The lowest BCUT2D eigenvalue weighted by Gasteiger charge is -2.14. The van der Waals surface area contributed by atoms with E-state index < -0.39 is 23.0 Å². The topological polar surface area (TPSA) is 110 Å². The molecule has 29 heavy (non-hydrogen) atoms. The summed E-state index contributed by atoms with van der Waals surface area (Å²) in [6, 6.07) is 8.15. The van der Waals surface area contributed by atoms with Crippen molar-refractivity contribution in [3.8, 4) is 17.2 Å². The molecule has 0 saturated carbocycles. The van der Waals surface area contributed by atoms with Gasteiger partial charge in [-0.2, -0.15) is 5.10 Å². The molecule has 2 N–H and O–H groups in total. The van der Waals surface area contributed by atoms with E-state index in [0.717, 1.165) is 0 Å². The first-order valence-electron chi connectivity index (χ1n) is 8.38. The number of furan rings is 1. The Labute approximate surface area is 170 Å². The van der Waals surface area contributed by atoms with Gasteiger partial charge in [-0.1, -0.05) is 17.7 Å². The highest BCUT2D eigenvalue weighted by atomic mass is 35.5. The van der Waals surface area contributed by atoms with Crippen LogP contribution >= 0.6 is 11.6 Å². The van der Waals surface area contributed by atoms with Gasteiger partial charge in [0, 0.05) is 11.9 Å². The minimum atomic E-state index is -0.845. The van der Waals surface area contributed by atoms with Gasteiger partial charge in [0.05, 0.1) is 31.6 Å². The molecule has 0 saturated heterocycles. The normalized spacial score (nSPS) is 11.4. The minimum Gasteiger partial charge on any atom is -0.504 e. The number of phenols is 1. The van der Waals surface area contributed by atoms with Gasteiger partial charge in [-0.15, -0.1) is 0 Å². The van der Waals surface area contributed by atoms with Crippen molar-refractivity contribution >= 4 is 45.5 Å². The SMILES string of the molecule is COc1c(C(=O)C(=NNc2cccc(Cl)c2)C(C)=O)c(O)c(OC)c2occc12. The van der Waals surface area contributed by atoms with Gasteiger partial charge in [-0.25, -0.2) is 0 Å². The lowest BCUT2D eigenvalue weighted by atomic mass is 9.99. The number of nitrogens with zero attached hydrogens (tertiary/aromatic N) is 1. The van der Waals surface area contributed by atoms with Crippen molar-refractivity contribution in [2.75, 3.05) is 19.6 Å². The highest BCUT2D eigenvalue weighted by Gasteiger charge is 2.31. The van der Waals surface area contributed by atoms with Crippen LogP contribution in [0.25, 0.3) is 11.0 Å². The molecule has 1 aromatic heterocycles. The van der Waals surface area contributed by atoms with Crippen LogP contribution in [0.15, 0.2) is 46.1 Å². The zero-order chi connectivity index (χ0) is 21.1. The number of aromatic hydroxyl groups is 1. The van der Waals surface area contributed by atoms with Crippen molar-refractivity contribution < 1.29 is 28.6 Å². The van der Waals surface area contributed by atoms with Crippen molar-refractivity contribution in [1.82, 2.24) is 0 Å². The number of benzene rings is 2. The molecule has 8 nitrogen and oxygen atoms in total. The molecule has 0 bridgehead atoms. The molecule has 0 amide bonds. The summed E-state index contributed by atoms with van der Waals surface area (Å²) >= 11 is 5.92. The fraction of sp³-hybridized carbons (Fsp3) is 0.150. The van der Waals surface area contributed by atoms with Gasteiger partial charge in [0.15, 0.2) is 22.8 Å². The number of ether oxygens (including phenoxy) is 2. The molecule has 3 rings (SSSR count). The Morgan fingerprint density at radius 1 is 1.17 bits per heavy atom. The predicted octanol–water partition coefficient (Wildman–Crippen LogP) is 4.05. The molecule has 2 aromatic carbocycles. The zero-order valence-corrected chi connectivity index (χ0v) is 16.5. The van der Waals surface area contributed by atoms with Crippen LogP contribution < -0.4 is 14.9 Å². The van der Waals surface area contributed by atoms with Crippen molar-refractivity contribution in [2.24, 2.45) is 5.10 Å². The van der Waals surface area contributed by atoms with Gasteiger partial charge in [-0.05, 0) is 24.3 Å². The molecule has 0 fully saturated rings. The molecule has 0 spiro atoms. The third-order valence-electron chi connectivity index (χ3n) is 4.10. The number of halogens is 1. The Balaban J connectivity index is 2.13. The molecular formula is C20H17ClN2O6. The van der Waals surface area contributed by atoms with E-state index in [-0.39, 0.29) is 22.6 Å². The van der Waals surface area contributed by atoms with Gasteiger partial charge >= 0.3 is 0 Å². The average molecular weight is 417 g/mol. The van der Waals surface area contributed by atoms with E-state index in [2.05, 4.69) is 10.5 Å². The van der Waals surface area contributed by atoms with Gasteiger partial charge in [-0.3, -0.25) is 15.0 Å². The second kappa shape index (κ2) is 8.24. The van der Waals surface area contributed by atoms with Gasteiger partial charge in [0.2, 0.25) is 11.5 Å². The third kappa shape index (κ3) is 3.74. The monoisotopic (exact) mass is 416 g/mol. The molecule has 0 aliphatic carbocycles. The first-order chi connectivity index (χ1) is 13.9. The number of ketones is 2. The van der Waals surface area contributed by atoms with Gasteiger partial charge in [0.1, 0.15) is 11.3 Å². The minimum absolute atomic E-state index is 0.0359. The fourth-order valence-corrected chi connectivity index (χ4v) is 3.02. The summed E-state index contributed by atoms with van der Waals surface area (Å²) in [7, 11) is 2.65. The molecule has 150 valence electrons. The number of phenolic OH excluding ortho intramolecular Hbond substituents is 1. The predicted molar refractivity (Wildman–Crippen MR) is 109 cm³/mol. The molecule has 0 aliphatic rings. The summed E-state index contributed by atoms with van der Waals surface area (Å²) in [5, 5.41) is 15.4. The quantitative estimate of drug-likeness (QED) is 0.259. The van der Waals surface area contributed by atoms with Crippen LogP contribution in [0.3, 0.4) is 0 Å². The average Bonchev–Trinajstić information content (AvgIpc) is 3.16. The summed E-state index contributed by atoms with van der Waals surface area (Å²) in [6.07, 6.45) is 1.37. The molecule has 9 heteroatoms. The fourth-order valence-electron chi connectivity index (χ4n) is 2.83. The van der Waals surface area contributed by atoms with Crippen LogP contribution in [0, 0.1) is 0 Å². The number of hydrogen-bond acceptors (Lipinski definition) is 8. The second-order valence-electron chi connectivity index (χ2n) is 5.92. The van der Waals surface area contributed by atoms with Gasteiger partial charge < -0.3 is 19.0 Å². The maximum absolute atomic E-state index is 13.2. The third-order valence-corrected chi connectivity index (χ3v) is 4.34. The highest BCUT2D eigenvalue weighted by molar-refractivity contribution is 6.69. The Kier molecular flexibility index (Phi) is 5.74. The van der Waals surface area contributed by atoms with Crippen molar-refractivity contribution in [3.05, 3.63) is 47.2 Å². The number of anilines is 1. The summed E-state index contributed by atoms with van der Waals surface area (Å²) in [5.74, 6) is -2.00. The van der Waals surface area contributed by atoms with E-state index in [9.17, 15) is 14.7 Å². The van der Waals surface area contributed by atoms with Gasteiger partial charge in [0.25, 0.3) is 0 Å². The van der Waals surface area contributed by atoms with Crippen molar-refractivity contribution in [2.45, 2.75) is 6.92 Å². The molecule has 0 aliphatic heterocycles. The Bertz CT molecular complexity index is 1140. The molecule has 0 atom stereocenters. The summed E-state index contributed by atoms with van der Waals surface area (Å²) in [4.78, 5) is 25.3. The van der Waals surface area contributed by atoms with Crippen LogP contribution in [0.2, 0.25) is 5.02 Å². The van der Waals surface area contributed by atoms with E-state index in [1.165, 1.54) is 27.4 Å². The van der Waals surface area contributed by atoms with E-state index >= 15 is 0 Å². The number of carbonyl (C=O) groups is 2. The standard InChI is InChI=1S/C20H17ClN2O6/c1-10(24)15(23-22-12-6-4-5-11(21)9-12)16(25)14-17(26)20(28-3)19-13(7-8-29-19)18(14)27-2/h4-9,22,26H,1-3H3. The van der Waals surface area contributed by atoms with Crippen LogP contribution in [0.1, 0.15) is 17.3 Å². The molecule has 1 heterocycles. The molecular weight excluding hydrogens is 400 g/mol. The van der Waals surface area contributed by atoms with Crippen LogP contribution in [-0.4, -0.2) is 36.6 Å². The van der Waals surface area contributed by atoms with Crippen LogP contribution in [0.4, 0.5) is 5.69 Å². The Morgan fingerprint density at radius 3 is 2.52 bits per heavy atom. The van der Waals surface area contributed by atoms with E-state index in [4.69, 9.17) is 25.5 Å². The number of fused-ring (bicyclic) bond motifs is 1. The smallest absolute Gasteiger partial charge is 0.224 e. The number of Topliss-reactive ketones (excluding diaryl/α,β-unsaturated/α-hetero) is 2. The Morgan fingerprint density at radius 2 is 1.90 bits per heavy atom.